The third kappa shape index (κ3) is 2.97. The Hall–Kier alpha value is -2.50. The molecule has 0 saturated carbocycles. The summed E-state index contributed by atoms with van der Waals surface area (Å²) in [5.74, 6) is 1.02. The van der Waals surface area contributed by atoms with Crippen LogP contribution in [0.5, 0.6) is 0 Å². The molecular formula is C19H21FN4O. The third-order valence-electron chi connectivity index (χ3n) is 4.95. The fraction of sp³-hybridized carbons (Fsp3) is 0.421. The molecule has 1 aromatic heterocycles. The molecule has 4 rings (SSSR count). The van der Waals surface area contributed by atoms with E-state index >= 15 is 0 Å². The lowest BCUT2D eigenvalue weighted by Crippen LogP contribution is -2.34. The van der Waals surface area contributed by atoms with Crippen LogP contribution in [-0.4, -0.2) is 28.5 Å². The largest absolute Gasteiger partial charge is 0.358 e. The van der Waals surface area contributed by atoms with Gasteiger partial charge in [0.2, 0.25) is 5.91 Å². The normalized spacial score (nSPS) is 19.8. The number of carbonyl (C=O) groups excluding carboxylic acids is 1. The number of aromatic nitrogens is 2. The Balaban J connectivity index is 1.58. The number of hydrogen-bond donors (Lipinski definition) is 1. The zero-order chi connectivity index (χ0) is 17.4. The summed E-state index contributed by atoms with van der Waals surface area (Å²) in [5, 5.41) is 3.31. The van der Waals surface area contributed by atoms with Gasteiger partial charge < -0.3 is 10.2 Å². The maximum atomic E-state index is 14.0. The van der Waals surface area contributed by atoms with Crippen LogP contribution >= 0.6 is 0 Å². The molecule has 6 heteroatoms. The molecule has 1 N–H and O–H groups in total. The molecule has 2 heterocycles. The highest BCUT2D eigenvalue weighted by Gasteiger charge is 2.34. The van der Waals surface area contributed by atoms with Crippen LogP contribution in [0.15, 0.2) is 24.3 Å². The number of nitrogens with zero attached hydrogens (tertiary/aromatic N) is 3. The van der Waals surface area contributed by atoms with E-state index in [1.807, 2.05) is 6.92 Å². The van der Waals surface area contributed by atoms with Crippen LogP contribution in [0.25, 0.3) is 0 Å². The van der Waals surface area contributed by atoms with Gasteiger partial charge in [-0.05, 0) is 51.2 Å². The Kier molecular flexibility index (Phi) is 4.11. The highest BCUT2D eigenvalue weighted by molar-refractivity contribution is 6.01. The van der Waals surface area contributed by atoms with E-state index in [1.54, 1.807) is 18.2 Å². The minimum atomic E-state index is -0.375. The summed E-state index contributed by atoms with van der Waals surface area (Å²) < 4.78 is 14.0. The summed E-state index contributed by atoms with van der Waals surface area (Å²) >= 11 is 0. The summed E-state index contributed by atoms with van der Waals surface area (Å²) in [7, 11) is 0. The second-order valence-corrected chi connectivity index (χ2v) is 6.68. The van der Waals surface area contributed by atoms with Crippen molar-refractivity contribution < 1.29 is 9.18 Å². The van der Waals surface area contributed by atoms with Gasteiger partial charge in [-0.2, -0.15) is 0 Å². The number of aryl methyl sites for hydroxylation is 2. The molecular weight excluding hydrogens is 319 g/mol. The lowest BCUT2D eigenvalue weighted by Gasteiger charge is -2.22. The molecule has 1 amide bonds. The molecule has 0 radical (unpaired) electrons. The van der Waals surface area contributed by atoms with Crippen LogP contribution in [-0.2, 0) is 17.6 Å². The van der Waals surface area contributed by atoms with Gasteiger partial charge in [-0.3, -0.25) is 4.79 Å². The summed E-state index contributed by atoms with van der Waals surface area (Å²) in [6.07, 6.45) is 4.80. The number of hydrogen-bond acceptors (Lipinski definition) is 4. The van der Waals surface area contributed by atoms with Gasteiger partial charge in [0.05, 0.1) is 5.69 Å². The predicted octanol–water partition coefficient (Wildman–Crippen LogP) is 3.02. The van der Waals surface area contributed by atoms with Crippen LogP contribution in [0.2, 0.25) is 0 Å². The monoisotopic (exact) mass is 340 g/mol. The topological polar surface area (TPSA) is 58.1 Å². The van der Waals surface area contributed by atoms with Gasteiger partial charge in [0.25, 0.3) is 0 Å². The molecule has 130 valence electrons. The number of nitrogens with one attached hydrogen (secondary N) is 1. The van der Waals surface area contributed by atoms with Crippen LogP contribution in [0.1, 0.15) is 36.3 Å². The number of halogens is 1. The Bertz CT molecular complexity index is 823. The Morgan fingerprint density at radius 1 is 1.20 bits per heavy atom. The molecule has 1 unspecified atom stereocenters. The zero-order valence-corrected chi connectivity index (χ0v) is 14.3. The number of para-hydroxylation sites is 1. The third-order valence-corrected chi connectivity index (χ3v) is 4.95. The minimum Gasteiger partial charge on any atom is -0.358 e. The SMILES string of the molecule is Cc1nc2c(c(NC3CCN(c4ccccc4F)C3=O)n1)CCCC2. The first-order chi connectivity index (χ1) is 12.1. The van der Waals surface area contributed by atoms with Gasteiger partial charge in [-0.15, -0.1) is 0 Å². The van der Waals surface area contributed by atoms with Crippen LogP contribution in [0, 0.1) is 12.7 Å². The molecule has 0 spiro atoms. The average Bonchev–Trinajstić information content (AvgIpc) is 2.96. The van der Waals surface area contributed by atoms with Crippen molar-refractivity contribution in [2.75, 3.05) is 16.8 Å². The van der Waals surface area contributed by atoms with E-state index in [1.165, 1.54) is 11.0 Å². The Labute approximate surface area is 146 Å². The molecule has 1 fully saturated rings. The van der Waals surface area contributed by atoms with Crippen molar-refractivity contribution in [1.29, 1.82) is 0 Å². The van der Waals surface area contributed by atoms with Gasteiger partial charge in [0.15, 0.2) is 0 Å². The van der Waals surface area contributed by atoms with E-state index in [0.717, 1.165) is 48.6 Å². The van der Waals surface area contributed by atoms with E-state index in [-0.39, 0.29) is 17.8 Å². The van der Waals surface area contributed by atoms with Crippen molar-refractivity contribution in [1.82, 2.24) is 9.97 Å². The van der Waals surface area contributed by atoms with Crippen molar-refractivity contribution in [2.24, 2.45) is 0 Å². The predicted molar refractivity (Wildman–Crippen MR) is 94.2 cm³/mol. The fourth-order valence-electron chi connectivity index (χ4n) is 3.73. The molecule has 2 aromatic rings. The average molecular weight is 340 g/mol. The highest BCUT2D eigenvalue weighted by atomic mass is 19.1. The molecule has 1 aliphatic carbocycles. The Morgan fingerprint density at radius 2 is 2.00 bits per heavy atom. The van der Waals surface area contributed by atoms with Gasteiger partial charge in [0.1, 0.15) is 23.5 Å². The maximum absolute atomic E-state index is 14.0. The minimum absolute atomic E-state index is 0.106. The Morgan fingerprint density at radius 3 is 2.84 bits per heavy atom. The maximum Gasteiger partial charge on any atom is 0.249 e. The quantitative estimate of drug-likeness (QED) is 0.933. The van der Waals surface area contributed by atoms with E-state index in [4.69, 9.17) is 0 Å². The van der Waals surface area contributed by atoms with Gasteiger partial charge >= 0.3 is 0 Å². The number of anilines is 2. The summed E-state index contributed by atoms with van der Waals surface area (Å²) in [6, 6.07) is 6.03. The molecule has 1 aromatic carbocycles. The van der Waals surface area contributed by atoms with Crippen molar-refractivity contribution >= 4 is 17.4 Å². The second kappa shape index (κ2) is 6.43. The van der Waals surface area contributed by atoms with E-state index in [9.17, 15) is 9.18 Å². The van der Waals surface area contributed by atoms with Crippen molar-refractivity contribution in [3.05, 3.63) is 47.2 Å². The number of amides is 1. The molecule has 1 aliphatic heterocycles. The first-order valence-corrected chi connectivity index (χ1v) is 8.82. The highest BCUT2D eigenvalue weighted by Crippen LogP contribution is 2.29. The fourth-order valence-corrected chi connectivity index (χ4v) is 3.73. The van der Waals surface area contributed by atoms with E-state index in [0.29, 0.717) is 18.7 Å². The molecule has 2 aliphatic rings. The van der Waals surface area contributed by atoms with Crippen LogP contribution in [0.4, 0.5) is 15.9 Å². The van der Waals surface area contributed by atoms with Crippen molar-refractivity contribution in [3.8, 4) is 0 Å². The van der Waals surface area contributed by atoms with E-state index < -0.39 is 0 Å². The van der Waals surface area contributed by atoms with Gasteiger partial charge in [0, 0.05) is 17.8 Å². The zero-order valence-electron chi connectivity index (χ0n) is 14.3. The molecule has 5 nitrogen and oxygen atoms in total. The molecule has 0 bridgehead atoms. The second-order valence-electron chi connectivity index (χ2n) is 6.68. The lowest BCUT2D eigenvalue weighted by molar-refractivity contribution is -0.117. The summed E-state index contributed by atoms with van der Waals surface area (Å²) in [4.78, 5) is 23.4. The van der Waals surface area contributed by atoms with Crippen LogP contribution in [0.3, 0.4) is 0 Å². The lowest BCUT2D eigenvalue weighted by atomic mass is 9.96. The van der Waals surface area contributed by atoms with Crippen molar-refractivity contribution in [2.45, 2.75) is 45.1 Å². The van der Waals surface area contributed by atoms with E-state index in [2.05, 4.69) is 15.3 Å². The van der Waals surface area contributed by atoms with Crippen LogP contribution < -0.4 is 10.2 Å². The number of rotatable bonds is 3. The number of fused-ring (bicyclic) bond motifs is 1. The summed E-state index contributed by atoms with van der Waals surface area (Å²) in [5.41, 5.74) is 2.57. The molecule has 25 heavy (non-hydrogen) atoms. The van der Waals surface area contributed by atoms with Gasteiger partial charge in [-0.1, -0.05) is 12.1 Å². The standard InChI is InChI=1S/C19H21FN4O/c1-12-21-15-8-4-2-6-13(15)18(22-12)23-16-10-11-24(19(16)25)17-9-5-3-7-14(17)20/h3,5,7,9,16H,2,4,6,8,10-11H2,1H3,(H,21,22,23). The van der Waals surface area contributed by atoms with Crippen molar-refractivity contribution in [3.63, 3.8) is 0 Å². The first kappa shape index (κ1) is 16.0. The first-order valence-electron chi connectivity index (χ1n) is 8.82. The number of benzene rings is 1. The smallest absolute Gasteiger partial charge is 0.249 e. The summed E-state index contributed by atoms with van der Waals surface area (Å²) in [6.45, 7) is 2.38. The number of carbonyl (C=O) groups is 1. The van der Waals surface area contributed by atoms with Gasteiger partial charge in [-0.25, -0.2) is 14.4 Å². The molecule has 1 atom stereocenters. The molecule has 1 saturated heterocycles.